The van der Waals surface area contributed by atoms with Crippen LogP contribution in [0.5, 0.6) is 0 Å². The summed E-state index contributed by atoms with van der Waals surface area (Å²) in [5, 5.41) is 0. The third kappa shape index (κ3) is 5.87. The second-order valence-electron chi connectivity index (χ2n) is 6.68. The molecule has 1 aromatic rings. The number of rotatable bonds is 6. The van der Waals surface area contributed by atoms with Crippen LogP contribution in [0, 0.1) is 0 Å². The molecule has 1 heterocycles. The van der Waals surface area contributed by atoms with Crippen LogP contribution in [-0.2, 0) is 22.1 Å². The molecule has 0 radical (unpaired) electrons. The van der Waals surface area contributed by atoms with Gasteiger partial charge >= 0.3 is 12.1 Å². The molecule has 1 aromatic carbocycles. The summed E-state index contributed by atoms with van der Waals surface area (Å²) in [6.07, 6.45) is 1.53. The Morgan fingerprint density at radius 1 is 1.31 bits per heavy atom. The molecule has 0 N–H and O–H groups in total. The van der Waals surface area contributed by atoms with Crippen LogP contribution < -0.4 is 0 Å². The molecule has 2 rings (SSSR count). The lowest BCUT2D eigenvalue weighted by Gasteiger charge is -2.30. The van der Waals surface area contributed by atoms with Crippen molar-refractivity contribution in [2.75, 3.05) is 26.7 Å². The predicted molar refractivity (Wildman–Crippen MR) is 95.0 cm³/mol. The van der Waals surface area contributed by atoms with Gasteiger partial charge in [0.25, 0.3) is 0 Å². The van der Waals surface area contributed by atoms with Crippen molar-refractivity contribution in [2.24, 2.45) is 0 Å². The van der Waals surface area contributed by atoms with Crippen LogP contribution in [0.1, 0.15) is 48.8 Å². The molecule has 0 atom stereocenters. The summed E-state index contributed by atoms with van der Waals surface area (Å²) < 4.78 is 44.1. The van der Waals surface area contributed by atoms with Crippen LogP contribution >= 0.6 is 0 Å². The monoisotopic (exact) mass is 369 g/mol. The first-order valence-corrected chi connectivity index (χ1v) is 9.03. The molecular formula is C20H26F3NO2. The van der Waals surface area contributed by atoms with E-state index in [0.717, 1.165) is 37.1 Å². The van der Waals surface area contributed by atoms with E-state index in [0.29, 0.717) is 19.4 Å². The van der Waals surface area contributed by atoms with E-state index >= 15 is 0 Å². The highest BCUT2D eigenvalue weighted by molar-refractivity contribution is 5.81. The normalized spacial score (nSPS) is 17.0. The smallest absolute Gasteiger partial charge is 0.416 e. The number of alkyl halides is 3. The van der Waals surface area contributed by atoms with Crippen LogP contribution in [0.3, 0.4) is 0 Å². The van der Waals surface area contributed by atoms with E-state index in [2.05, 4.69) is 11.9 Å². The van der Waals surface area contributed by atoms with Gasteiger partial charge in [0.1, 0.15) is 0 Å². The number of piperidine rings is 1. The van der Waals surface area contributed by atoms with E-state index in [-0.39, 0.29) is 5.92 Å². The van der Waals surface area contributed by atoms with Gasteiger partial charge in [-0.1, -0.05) is 12.1 Å². The fourth-order valence-electron chi connectivity index (χ4n) is 3.33. The lowest BCUT2D eigenvalue weighted by molar-refractivity contribution is -0.138. The second-order valence-corrected chi connectivity index (χ2v) is 6.68. The summed E-state index contributed by atoms with van der Waals surface area (Å²) >= 11 is 0. The van der Waals surface area contributed by atoms with Gasteiger partial charge in [-0.25, -0.2) is 4.79 Å². The third-order valence-electron chi connectivity index (χ3n) is 4.75. The first-order valence-electron chi connectivity index (χ1n) is 9.03. The highest BCUT2D eigenvalue weighted by Crippen LogP contribution is 2.35. The quantitative estimate of drug-likeness (QED) is 0.544. The van der Waals surface area contributed by atoms with Crippen LogP contribution in [0.2, 0.25) is 0 Å². The van der Waals surface area contributed by atoms with Gasteiger partial charge in [-0.3, -0.25) is 0 Å². The highest BCUT2D eigenvalue weighted by atomic mass is 19.4. The molecule has 0 amide bonds. The Hall–Kier alpha value is -1.82. The summed E-state index contributed by atoms with van der Waals surface area (Å²) in [6, 6.07) is 4.10. The maximum absolute atomic E-state index is 13.1. The number of halogens is 3. The summed E-state index contributed by atoms with van der Waals surface area (Å²) in [6.45, 7) is 3.93. The fourth-order valence-corrected chi connectivity index (χ4v) is 3.33. The number of hydrogen-bond donors (Lipinski definition) is 0. The molecule has 0 unspecified atom stereocenters. The number of hydrogen-bond acceptors (Lipinski definition) is 3. The van der Waals surface area contributed by atoms with Gasteiger partial charge in [-0.05, 0) is 81.9 Å². The minimum atomic E-state index is -4.35. The van der Waals surface area contributed by atoms with Crippen molar-refractivity contribution >= 4 is 5.97 Å². The van der Waals surface area contributed by atoms with Gasteiger partial charge in [0.05, 0.1) is 12.2 Å². The van der Waals surface area contributed by atoms with Crippen molar-refractivity contribution in [3.63, 3.8) is 0 Å². The van der Waals surface area contributed by atoms with E-state index in [1.54, 1.807) is 19.1 Å². The number of carbonyl (C=O) groups excluding carboxylic acids is 1. The van der Waals surface area contributed by atoms with Gasteiger partial charge in [0.15, 0.2) is 0 Å². The van der Waals surface area contributed by atoms with Crippen LogP contribution in [-0.4, -0.2) is 37.6 Å². The standard InChI is InChI=1S/C20H26F3NO2/c1-3-26-19(25)7-5-4-6-16-14-17(20(21,22)23)8-9-18(16)15-10-12-24(2)13-11-15/h5,7-9,14-15H,3-4,6,10-13H2,1-2H3/b7-5+. The summed E-state index contributed by atoms with van der Waals surface area (Å²) in [7, 11) is 2.06. The van der Waals surface area contributed by atoms with Crippen LogP contribution in [0.4, 0.5) is 13.2 Å². The summed E-state index contributed by atoms with van der Waals surface area (Å²) in [5.41, 5.74) is 1.12. The average Bonchev–Trinajstić information content (AvgIpc) is 2.59. The SMILES string of the molecule is CCOC(=O)/C=C/CCc1cc(C(F)(F)F)ccc1C1CCN(C)CC1. The number of aryl methyl sites for hydroxylation is 1. The number of allylic oxidation sites excluding steroid dienone is 1. The van der Waals surface area contributed by atoms with E-state index in [4.69, 9.17) is 4.74 Å². The Bertz CT molecular complexity index is 632. The molecule has 1 fully saturated rings. The molecule has 144 valence electrons. The van der Waals surface area contributed by atoms with Crippen molar-refractivity contribution in [3.8, 4) is 0 Å². The average molecular weight is 369 g/mol. The van der Waals surface area contributed by atoms with E-state index in [1.165, 1.54) is 18.2 Å². The zero-order valence-electron chi connectivity index (χ0n) is 15.3. The maximum Gasteiger partial charge on any atom is 0.416 e. The van der Waals surface area contributed by atoms with Crippen LogP contribution in [0.25, 0.3) is 0 Å². The largest absolute Gasteiger partial charge is 0.463 e. The van der Waals surface area contributed by atoms with Gasteiger partial charge in [-0.2, -0.15) is 13.2 Å². The van der Waals surface area contributed by atoms with Crippen molar-refractivity contribution in [2.45, 2.75) is 44.7 Å². The number of nitrogens with zero attached hydrogens (tertiary/aromatic N) is 1. The lowest BCUT2D eigenvalue weighted by Crippen LogP contribution is -2.29. The molecule has 0 spiro atoms. The third-order valence-corrected chi connectivity index (χ3v) is 4.75. The van der Waals surface area contributed by atoms with E-state index in [9.17, 15) is 18.0 Å². The van der Waals surface area contributed by atoms with Crippen LogP contribution in [0.15, 0.2) is 30.4 Å². The minimum Gasteiger partial charge on any atom is -0.463 e. The second kappa shape index (κ2) is 9.21. The fraction of sp³-hybridized carbons (Fsp3) is 0.550. The molecule has 0 saturated carbocycles. The molecule has 0 aromatic heterocycles. The number of ether oxygens (including phenoxy) is 1. The molecular weight excluding hydrogens is 343 g/mol. The topological polar surface area (TPSA) is 29.5 Å². The number of benzene rings is 1. The molecule has 0 aliphatic carbocycles. The first-order chi connectivity index (χ1) is 12.3. The molecule has 26 heavy (non-hydrogen) atoms. The Kier molecular flexibility index (Phi) is 7.26. The van der Waals surface area contributed by atoms with Gasteiger partial charge in [-0.15, -0.1) is 0 Å². The molecule has 1 aliphatic rings. The van der Waals surface area contributed by atoms with Crippen molar-refractivity contribution in [3.05, 3.63) is 47.0 Å². The zero-order valence-corrected chi connectivity index (χ0v) is 15.3. The van der Waals surface area contributed by atoms with Gasteiger partial charge < -0.3 is 9.64 Å². The van der Waals surface area contributed by atoms with Crippen molar-refractivity contribution < 1.29 is 22.7 Å². The first kappa shape index (κ1) is 20.5. The Labute approximate surface area is 152 Å². The number of esters is 1. The zero-order chi connectivity index (χ0) is 19.2. The summed E-state index contributed by atoms with van der Waals surface area (Å²) in [5.74, 6) is -0.135. The maximum atomic E-state index is 13.1. The minimum absolute atomic E-state index is 0.289. The molecule has 1 aliphatic heterocycles. The molecule has 3 nitrogen and oxygen atoms in total. The Balaban J connectivity index is 2.15. The number of carbonyl (C=O) groups is 1. The highest BCUT2D eigenvalue weighted by Gasteiger charge is 2.31. The van der Waals surface area contributed by atoms with Crippen molar-refractivity contribution in [1.29, 1.82) is 0 Å². The number of likely N-dealkylation sites (tertiary alicyclic amines) is 1. The summed E-state index contributed by atoms with van der Waals surface area (Å²) in [4.78, 5) is 13.6. The predicted octanol–water partition coefficient (Wildman–Crippen LogP) is 4.57. The van der Waals surface area contributed by atoms with E-state index < -0.39 is 17.7 Å². The Morgan fingerprint density at radius 3 is 2.62 bits per heavy atom. The van der Waals surface area contributed by atoms with E-state index in [1.807, 2.05) is 0 Å². The van der Waals surface area contributed by atoms with Gasteiger partial charge in [0, 0.05) is 6.08 Å². The molecule has 6 heteroatoms. The van der Waals surface area contributed by atoms with Crippen molar-refractivity contribution in [1.82, 2.24) is 4.90 Å². The molecule has 1 saturated heterocycles. The van der Waals surface area contributed by atoms with Gasteiger partial charge in [0.2, 0.25) is 0 Å². The lowest BCUT2D eigenvalue weighted by atomic mass is 9.84. The molecule has 0 bridgehead atoms. The Morgan fingerprint density at radius 2 is 2.00 bits per heavy atom.